The van der Waals surface area contributed by atoms with Gasteiger partial charge >= 0.3 is 0 Å². The van der Waals surface area contributed by atoms with Crippen LogP contribution in [0, 0.1) is 11.6 Å². The highest BCUT2D eigenvalue weighted by molar-refractivity contribution is 7.07. The number of thiazole rings is 1. The summed E-state index contributed by atoms with van der Waals surface area (Å²) in [7, 11) is 0. The van der Waals surface area contributed by atoms with Crippen LogP contribution < -0.4 is 4.80 Å². The summed E-state index contributed by atoms with van der Waals surface area (Å²) in [6, 6.07) is 13.2. The summed E-state index contributed by atoms with van der Waals surface area (Å²) in [4.78, 5) is 5.08. The Kier molecular flexibility index (Phi) is 4.77. The number of aromatic nitrogens is 1. The molecular weight excluding hydrogens is 394 g/mol. The van der Waals surface area contributed by atoms with Crippen molar-refractivity contribution in [3.63, 3.8) is 0 Å². The van der Waals surface area contributed by atoms with E-state index in [4.69, 9.17) is 9.15 Å². The molecule has 0 N–H and O–H groups in total. The monoisotopic (exact) mass is 412 g/mol. The highest BCUT2D eigenvalue weighted by Gasteiger charge is 2.20. The number of para-hydroxylation sites is 1. The lowest BCUT2D eigenvalue weighted by molar-refractivity contribution is 0.0967. The van der Waals surface area contributed by atoms with Gasteiger partial charge in [0, 0.05) is 23.4 Å². The van der Waals surface area contributed by atoms with Gasteiger partial charge in [0.2, 0.25) is 0 Å². The van der Waals surface area contributed by atoms with Gasteiger partial charge in [0.25, 0.3) is 0 Å². The van der Waals surface area contributed by atoms with E-state index in [-0.39, 0.29) is 11.8 Å². The first kappa shape index (κ1) is 18.3. The molecule has 2 aromatic heterocycles. The average molecular weight is 412 g/mol. The van der Waals surface area contributed by atoms with Crippen LogP contribution in [-0.2, 0) is 11.3 Å². The summed E-state index contributed by atoms with van der Waals surface area (Å²) in [6.07, 6.45) is 2.06. The standard InChI is InChI=1S/C22H18F2N2O2S/c23-15-7-8-18(17(24)11-15)25-22-26(12-16-5-3-9-27-16)19(13-29-22)21-10-14-4-1-2-6-20(14)28-21/h1-2,4,6-8,10-11,13,16H,3,5,9,12H2. The summed E-state index contributed by atoms with van der Waals surface area (Å²) in [5.74, 6) is -0.586. The number of furan rings is 1. The minimum atomic E-state index is -0.688. The second kappa shape index (κ2) is 7.57. The van der Waals surface area contributed by atoms with Gasteiger partial charge < -0.3 is 13.7 Å². The van der Waals surface area contributed by atoms with E-state index in [0.717, 1.165) is 47.9 Å². The van der Waals surface area contributed by atoms with Crippen molar-refractivity contribution < 1.29 is 17.9 Å². The maximum Gasteiger partial charge on any atom is 0.190 e. The van der Waals surface area contributed by atoms with Gasteiger partial charge in [-0.2, -0.15) is 0 Å². The first-order valence-corrected chi connectivity index (χ1v) is 10.3. The van der Waals surface area contributed by atoms with Crippen molar-refractivity contribution in [2.45, 2.75) is 25.5 Å². The lowest BCUT2D eigenvalue weighted by Gasteiger charge is -2.13. The Morgan fingerprint density at radius 1 is 1.14 bits per heavy atom. The molecule has 2 aromatic carbocycles. The molecule has 4 nitrogen and oxygen atoms in total. The van der Waals surface area contributed by atoms with Crippen LogP contribution in [0.1, 0.15) is 12.8 Å². The molecule has 0 aliphatic carbocycles. The first-order chi connectivity index (χ1) is 14.2. The molecule has 5 rings (SSSR count). The fourth-order valence-electron chi connectivity index (χ4n) is 3.57. The Morgan fingerprint density at radius 3 is 2.83 bits per heavy atom. The maximum atomic E-state index is 14.2. The molecule has 0 radical (unpaired) electrons. The molecule has 0 spiro atoms. The van der Waals surface area contributed by atoms with Gasteiger partial charge in [-0.05, 0) is 37.1 Å². The van der Waals surface area contributed by atoms with E-state index in [1.54, 1.807) is 0 Å². The highest BCUT2D eigenvalue weighted by Crippen LogP contribution is 2.29. The lowest BCUT2D eigenvalue weighted by atomic mass is 10.2. The minimum Gasteiger partial charge on any atom is -0.454 e. The molecule has 7 heteroatoms. The molecule has 1 aliphatic heterocycles. The summed E-state index contributed by atoms with van der Waals surface area (Å²) >= 11 is 1.39. The number of hydrogen-bond acceptors (Lipinski definition) is 4. The van der Waals surface area contributed by atoms with Crippen molar-refractivity contribution in [2.75, 3.05) is 6.61 Å². The van der Waals surface area contributed by atoms with Crippen LogP contribution >= 0.6 is 11.3 Å². The zero-order valence-corrected chi connectivity index (χ0v) is 16.3. The number of hydrogen-bond donors (Lipinski definition) is 0. The molecule has 1 aliphatic rings. The zero-order valence-electron chi connectivity index (χ0n) is 15.5. The Balaban J connectivity index is 1.64. The van der Waals surface area contributed by atoms with Gasteiger partial charge in [0.05, 0.1) is 18.3 Å². The quantitative estimate of drug-likeness (QED) is 0.434. The summed E-state index contributed by atoms with van der Waals surface area (Å²) in [6.45, 7) is 1.34. The van der Waals surface area contributed by atoms with Crippen LogP contribution in [0.4, 0.5) is 14.5 Å². The Bertz CT molecular complexity index is 1200. The predicted molar refractivity (Wildman–Crippen MR) is 108 cm³/mol. The van der Waals surface area contributed by atoms with E-state index in [1.165, 1.54) is 23.5 Å². The molecular formula is C22H18F2N2O2S. The van der Waals surface area contributed by atoms with Gasteiger partial charge in [-0.25, -0.2) is 13.8 Å². The normalized spacial score (nSPS) is 17.4. The molecule has 148 valence electrons. The second-order valence-corrected chi connectivity index (χ2v) is 7.84. The minimum absolute atomic E-state index is 0.0738. The fraction of sp³-hybridized carbons (Fsp3) is 0.227. The molecule has 0 bridgehead atoms. The lowest BCUT2D eigenvalue weighted by Crippen LogP contribution is -2.24. The molecule has 3 heterocycles. The van der Waals surface area contributed by atoms with Crippen molar-refractivity contribution in [1.29, 1.82) is 0 Å². The number of fused-ring (bicyclic) bond motifs is 1. The van der Waals surface area contributed by atoms with E-state index in [1.807, 2.05) is 40.3 Å². The molecule has 4 aromatic rings. The fourth-order valence-corrected chi connectivity index (χ4v) is 4.48. The van der Waals surface area contributed by atoms with Crippen LogP contribution in [0.25, 0.3) is 22.4 Å². The largest absolute Gasteiger partial charge is 0.454 e. The Labute approximate surface area is 169 Å². The van der Waals surface area contributed by atoms with Gasteiger partial charge in [-0.15, -0.1) is 11.3 Å². The van der Waals surface area contributed by atoms with Gasteiger partial charge in [0.1, 0.15) is 17.1 Å². The smallest absolute Gasteiger partial charge is 0.190 e. The topological polar surface area (TPSA) is 39.7 Å². The van der Waals surface area contributed by atoms with E-state index < -0.39 is 11.6 Å². The molecule has 1 unspecified atom stereocenters. The molecule has 0 amide bonds. The average Bonchev–Trinajstić information content (AvgIpc) is 3.44. The SMILES string of the molecule is Fc1ccc(N=c2scc(-c3cc4ccccc4o3)n2CC2CCCO2)c(F)c1. The van der Waals surface area contributed by atoms with Crippen molar-refractivity contribution in [3.05, 3.63) is 70.3 Å². The summed E-state index contributed by atoms with van der Waals surface area (Å²) in [5.41, 5.74) is 1.77. The van der Waals surface area contributed by atoms with Crippen molar-refractivity contribution in [3.8, 4) is 11.5 Å². The van der Waals surface area contributed by atoms with Crippen molar-refractivity contribution in [2.24, 2.45) is 4.99 Å². The third-order valence-electron chi connectivity index (χ3n) is 5.01. The van der Waals surface area contributed by atoms with Gasteiger partial charge in [-0.1, -0.05) is 18.2 Å². The number of benzene rings is 2. The van der Waals surface area contributed by atoms with Crippen molar-refractivity contribution in [1.82, 2.24) is 4.57 Å². The molecule has 0 saturated carbocycles. The molecule has 1 saturated heterocycles. The van der Waals surface area contributed by atoms with Crippen LogP contribution in [0.2, 0.25) is 0 Å². The molecule has 1 fully saturated rings. The Morgan fingerprint density at radius 2 is 2.03 bits per heavy atom. The third kappa shape index (κ3) is 3.63. The van der Waals surface area contributed by atoms with Gasteiger partial charge in [-0.3, -0.25) is 0 Å². The summed E-state index contributed by atoms with van der Waals surface area (Å²) < 4.78 is 41.3. The maximum absolute atomic E-state index is 14.2. The first-order valence-electron chi connectivity index (χ1n) is 9.46. The number of halogens is 2. The second-order valence-electron chi connectivity index (χ2n) is 7.01. The third-order valence-corrected chi connectivity index (χ3v) is 5.88. The molecule has 29 heavy (non-hydrogen) atoms. The van der Waals surface area contributed by atoms with E-state index >= 15 is 0 Å². The van der Waals surface area contributed by atoms with Crippen LogP contribution in [-0.4, -0.2) is 17.3 Å². The summed E-state index contributed by atoms with van der Waals surface area (Å²) in [5, 5.41) is 2.97. The van der Waals surface area contributed by atoms with E-state index in [0.29, 0.717) is 11.3 Å². The van der Waals surface area contributed by atoms with E-state index in [2.05, 4.69) is 4.99 Å². The van der Waals surface area contributed by atoms with Gasteiger partial charge in [0.15, 0.2) is 16.4 Å². The number of rotatable bonds is 4. The number of ether oxygens (including phenoxy) is 1. The zero-order chi connectivity index (χ0) is 19.8. The van der Waals surface area contributed by atoms with Crippen molar-refractivity contribution >= 4 is 28.0 Å². The van der Waals surface area contributed by atoms with Crippen LogP contribution in [0.5, 0.6) is 0 Å². The van der Waals surface area contributed by atoms with Crippen LogP contribution in [0.15, 0.2) is 63.3 Å². The highest BCUT2D eigenvalue weighted by atomic mass is 32.1. The molecule has 1 atom stereocenters. The van der Waals surface area contributed by atoms with E-state index in [9.17, 15) is 8.78 Å². The van der Waals surface area contributed by atoms with Crippen LogP contribution in [0.3, 0.4) is 0 Å². The Hall–Kier alpha value is -2.77. The number of nitrogens with zero attached hydrogens (tertiary/aromatic N) is 2. The predicted octanol–water partition coefficient (Wildman–Crippen LogP) is 5.65.